The molecule has 0 amide bonds. The minimum absolute atomic E-state index is 0.0620. The summed E-state index contributed by atoms with van der Waals surface area (Å²) in [4.78, 5) is 4.95. The van der Waals surface area contributed by atoms with Gasteiger partial charge in [0.25, 0.3) is 0 Å². The molecule has 0 aromatic carbocycles. The largest absolute Gasteiger partial charge is 0.367 e. The maximum absolute atomic E-state index is 5.41. The zero-order valence-corrected chi connectivity index (χ0v) is 10.2. The molecule has 1 aliphatic rings. The number of nitrogens with zero attached hydrogens (tertiary/aromatic N) is 2. The normalized spacial score (nSPS) is 22.5. The molecule has 0 aromatic rings. The molecule has 3 nitrogen and oxygen atoms in total. The minimum Gasteiger partial charge on any atom is -0.367 e. The van der Waals surface area contributed by atoms with Gasteiger partial charge in [0.15, 0.2) is 0 Å². The molecule has 0 bridgehead atoms. The van der Waals surface area contributed by atoms with Crippen LogP contribution in [0.25, 0.3) is 0 Å². The van der Waals surface area contributed by atoms with Crippen molar-refractivity contribution in [2.45, 2.75) is 19.3 Å². The van der Waals surface area contributed by atoms with Crippen LogP contribution in [0.15, 0.2) is 0 Å². The van der Waals surface area contributed by atoms with Crippen molar-refractivity contribution in [3.8, 4) is 0 Å². The van der Waals surface area contributed by atoms with Crippen LogP contribution in [-0.2, 0) is 4.74 Å². The number of likely N-dealkylation sites (N-methyl/N-ethyl adjacent to an activating group) is 1. The summed E-state index contributed by atoms with van der Waals surface area (Å²) in [5, 5.41) is 0. The Morgan fingerprint density at radius 3 is 2.29 bits per heavy atom. The lowest BCUT2D eigenvalue weighted by molar-refractivity contribution is 0.0723. The van der Waals surface area contributed by atoms with Gasteiger partial charge in [-0.25, -0.2) is 0 Å². The summed E-state index contributed by atoms with van der Waals surface area (Å²) < 4.78 is 5.41. The average molecular weight is 218 g/mol. The lowest BCUT2D eigenvalue weighted by Crippen LogP contribution is -2.47. The highest BCUT2D eigenvalue weighted by atomic mass is 32.1. The highest BCUT2D eigenvalue weighted by molar-refractivity contribution is 7.80. The van der Waals surface area contributed by atoms with E-state index in [-0.39, 0.29) is 5.44 Å². The molecule has 4 heteroatoms. The van der Waals surface area contributed by atoms with Gasteiger partial charge in [0.2, 0.25) is 0 Å². The van der Waals surface area contributed by atoms with E-state index in [2.05, 4.69) is 29.4 Å². The molecular formula is C10H22N2OS. The van der Waals surface area contributed by atoms with Crippen molar-refractivity contribution in [3.05, 3.63) is 0 Å². The molecule has 0 radical (unpaired) electrons. The molecule has 0 saturated carbocycles. The summed E-state index contributed by atoms with van der Waals surface area (Å²) in [7, 11) is 0. The molecule has 1 fully saturated rings. The van der Waals surface area contributed by atoms with Gasteiger partial charge >= 0.3 is 0 Å². The molecule has 0 spiro atoms. The van der Waals surface area contributed by atoms with Crippen LogP contribution in [0.5, 0.6) is 0 Å². The fourth-order valence-corrected chi connectivity index (χ4v) is 1.79. The topological polar surface area (TPSA) is 15.7 Å². The Bertz CT molecular complexity index is 147. The van der Waals surface area contributed by atoms with Gasteiger partial charge in [0.1, 0.15) is 0 Å². The Labute approximate surface area is 92.8 Å². The summed E-state index contributed by atoms with van der Waals surface area (Å²) in [6.45, 7) is 12.0. The summed E-state index contributed by atoms with van der Waals surface area (Å²) >= 11 is 4.18. The Morgan fingerprint density at radius 1 is 1.21 bits per heavy atom. The highest BCUT2D eigenvalue weighted by Crippen LogP contribution is 2.01. The SMILES string of the molecule is CCN1CCN(CCO[C@@H](C)S)CC1. The molecule has 0 aromatic heterocycles. The molecule has 1 atom stereocenters. The first kappa shape index (κ1) is 12.3. The quantitative estimate of drug-likeness (QED) is 0.546. The van der Waals surface area contributed by atoms with Gasteiger partial charge in [-0.1, -0.05) is 6.92 Å². The molecule has 1 saturated heterocycles. The molecule has 0 unspecified atom stereocenters. The van der Waals surface area contributed by atoms with Crippen LogP contribution in [0.3, 0.4) is 0 Å². The van der Waals surface area contributed by atoms with Gasteiger partial charge in [-0.05, 0) is 13.5 Å². The van der Waals surface area contributed by atoms with E-state index in [4.69, 9.17) is 4.74 Å². The number of rotatable bonds is 5. The molecule has 14 heavy (non-hydrogen) atoms. The second kappa shape index (κ2) is 6.67. The van der Waals surface area contributed by atoms with E-state index in [1.165, 1.54) is 32.7 Å². The van der Waals surface area contributed by atoms with Crippen molar-refractivity contribution in [3.63, 3.8) is 0 Å². The number of hydrogen-bond donors (Lipinski definition) is 1. The van der Waals surface area contributed by atoms with E-state index in [1.54, 1.807) is 0 Å². The first-order valence-corrected chi connectivity index (χ1v) is 5.98. The summed E-state index contributed by atoms with van der Waals surface area (Å²) in [6.07, 6.45) is 0. The minimum atomic E-state index is 0.0620. The second-order valence-corrected chi connectivity index (χ2v) is 4.47. The Morgan fingerprint density at radius 2 is 1.79 bits per heavy atom. The number of piperazine rings is 1. The molecular weight excluding hydrogens is 196 g/mol. The maximum Gasteiger partial charge on any atom is 0.0972 e. The van der Waals surface area contributed by atoms with Gasteiger partial charge in [-0.2, -0.15) is 0 Å². The molecule has 0 N–H and O–H groups in total. The molecule has 1 aliphatic heterocycles. The predicted octanol–water partition coefficient (Wildman–Crippen LogP) is 0.916. The molecule has 1 heterocycles. The number of ether oxygens (including phenoxy) is 1. The van der Waals surface area contributed by atoms with Crippen LogP contribution in [0.1, 0.15) is 13.8 Å². The summed E-state index contributed by atoms with van der Waals surface area (Å²) in [6, 6.07) is 0. The van der Waals surface area contributed by atoms with Crippen LogP contribution >= 0.6 is 12.6 Å². The van der Waals surface area contributed by atoms with Crippen LogP contribution in [0.2, 0.25) is 0 Å². The van der Waals surface area contributed by atoms with Crippen molar-refractivity contribution in [2.75, 3.05) is 45.9 Å². The van der Waals surface area contributed by atoms with Gasteiger partial charge in [0, 0.05) is 32.7 Å². The maximum atomic E-state index is 5.41. The molecule has 0 aliphatic carbocycles. The van der Waals surface area contributed by atoms with Crippen molar-refractivity contribution in [2.24, 2.45) is 0 Å². The van der Waals surface area contributed by atoms with E-state index in [9.17, 15) is 0 Å². The second-order valence-electron chi connectivity index (χ2n) is 3.75. The highest BCUT2D eigenvalue weighted by Gasteiger charge is 2.14. The van der Waals surface area contributed by atoms with Crippen molar-refractivity contribution < 1.29 is 4.74 Å². The lowest BCUT2D eigenvalue weighted by Gasteiger charge is -2.33. The third kappa shape index (κ3) is 4.64. The van der Waals surface area contributed by atoms with Crippen molar-refractivity contribution in [1.82, 2.24) is 9.80 Å². The van der Waals surface area contributed by atoms with E-state index < -0.39 is 0 Å². The predicted molar refractivity (Wildman–Crippen MR) is 63.0 cm³/mol. The van der Waals surface area contributed by atoms with Gasteiger partial charge < -0.3 is 9.64 Å². The van der Waals surface area contributed by atoms with Crippen LogP contribution in [0, 0.1) is 0 Å². The zero-order chi connectivity index (χ0) is 10.4. The van der Waals surface area contributed by atoms with Gasteiger partial charge in [-0.3, -0.25) is 4.90 Å². The monoisotopic (exact) mass is 218 g/mol. The number of thiol groups is 1. The zero-order valence-electron chi connectivity index (χ0n) is 9.28. The van der Waals surface area contributed by atoms with Gasteiger partial charge in [0.05, 0.1) is 12.0 Å². The lowest BCUT2D eigenvalue weighted by atomic mass is 10.3. The standard InChI is InChI=1S/C10H22N2OS/c1-3-11-4-6-12(7-5-11)8-9-13-10(2)14/h10,14H,3-9H2,1-2H3/t10-/m1/s1. The van der Waals surface area contributed by atoms with E-state index >= 15 is 0 Å². The smallest absolute Gasteiger partial charge is 0.0972 e. The van der Waals surface area contributed by atoms with Crippen LogP contribution in [0.4, 0.5) is 0 Å². The molecule has 1 rings (SSSR count). The Kier molecular flexibility index (Phi) is 5.86. The van der Waals surface area contributed by atoms with Crippen molar-refractivity contribution in [1.29, 1.82) is 0 Å². The summed E-state index contributed by atoms with van der Waals surface area (Å²) in [5.41, 5.74) is 0.0620. The van der Waals surface area contributed by atoms with Crippen LogP contribution in [-0.4, -0.2) is 61.1 Å². The van der Waals surface area contributed by atoms with E-state index in [1.807, 2.05) is 6.92 Å². The first-order valence-electron chi connectivity index (χ1n) is 5.46. The van der Waals surface area contributed by atoms with Crippen LogP contribution < -0.4 is 0 Å². The third-order valence-corrected chi connectivity index (χ3v) is 2.83. The Hall–Kier alpha value is 0.230. The fourth-order valence-electron chi connectivity index (χ4n) is 1.68. The average Bonchev–Trinajstić information content (AvgIpc) is 2.18. The first-order chi connectivity index (χ1) is 6.72. The fraction of sp³-hybridized carbons (Fsp3) is 1.00. The number of hydrogen-bond acceptors (Lipinski definition) is 4. The molecule has 84 valence electrons. The van der Waals surface area contributed by atoms with Gasteiger partial charge in [-0.15, -0.1) is 12.6 Å². The third-order valence-electron chi connectivity index (χ3n) is 2.68. The van der Waals surface area contributed by atoms with E-state index in [0.717, 1.165) is 13.2 Å². The Balaban J connectivity index is 2.04. The van der Waals surface area contributed by atoms with Crippen molar-refractivity contribution >= 4 is 12.6 Å². The summed E-state index contributed by atoms with van der Waals surface area (Å²) in [5.74, 6) is 0. The van der Waals surface area contributed by atoms with E-state index in [0.29, 0.717) is 0 Å².